The summed E-state index contributed by atoms with van der Waals surface area (Å²) in [4.78, 5) is 0.600. The van der Waals surface area contributed by atoms with Crippen molar-refractivity contribution < 1.29 is 8.42 Å². The molecule has 2 N–H and O–H groups in total. The van der Waals surface area contributed by atoms with E-state index >= 15 is 0 Å². The third-order valence-corrected chi connectivity index (χ3v) is 6.40. The number of hydrogen-bond acceptors (Lipinski definition) is 3. The van der Waals surface area contributed by atoms with Crippen LogP contribution in [0.1, 0.15) is 11.5 Å². The predicted octanol–water partition coefficient (Wildman–Crippen LogP) is 2.53. The maximum absolute atomic E-state index is 12.8. The molecular weight excluding hydrogens is 302 g/mol. The minimum absolute atomic E-state index is 0.145. The van der Waals surface area contributed by atoms with Crippen molar-refractivity contribution in [2.24, 2.45) is 11.7 Å². The number of hydrogen-bond donors (Lipinski definition) is 1. The van der Waals surface area contributed by atoms with Crippen molar-refractivity contribution >= 4 is 27.0 Å². The zero-order valence-electron chi connectivity index (χ0n) is 11.2. The van der Waals surface area contributed by atoms with Crippen LogP contribution in [0.2, 0.25) is 0 Å². The van der Waals surface area contributed by atoms with Gasteiger partial charge in [-0.1, -0.05) is 60.7 Å². The average Bonchev–Trinajstić information content (AvgIpc) is 3.26. The van der Waals surface area contributed by atoms with Crippen LogP contribution in [0.4, 0.5) is 0 Å². The Labute approximate surface area is 129 Å². The Morgan fingerprint density at radius 3 is 2.00 bits per heavy atom. The van der Waals surface area contributed by atoms with E-state index in [-0.39, 0.29) is 16.8 Å². The summed E-state index contributed by atoms with van der Waals surface area (Å²) >= 11 is 5.07. The number of thiocarbonyl (C=S) groups is 1. The van der Waals surface area contributed by atoms with Crippen LogP contribution in [-0.4, -0.2) is 18.7 Å². The van der Waals surface area contributed by atoms with Gasteiger partial charge < -0.3 is 5.73 Å². The molecule has 0 heterocycles. The van der Waals surface area contributed by atoms with E-state index in [4.69, 9.17) is 18.0 Å². The second kappa shape index (κ2) is 5.24. The van der Waals surface area contributed by atoms with Crippen LogP contribution in [0, 0.1) is 5.92 Å². The van der Waals surface area contributed by atoms with E-state index in [1.165, 1.54) is 0 Å². The van der Waals surface area contributed by atoms with E-state index in [9.17, 15) is 8.42 Å². The van der Waals surface area contributed by atoms with Gasteiger partial charge in [-0.2, -0.15) is 0 Å². The summed E-state index contributed by atoms with van der Waals surface area (Å²) in [6, 6.07) is 18.0. The first kappa shape index (κ1) is 14.2. The van der Waals surface area contributed by atoms with Crippen molar-refractivity contribution in [3.63, 3.8) is 0 Å². The van der Waals surface area contributed by atoms with Crippen molar-refractivity contribution in [1.82, 2.24) is 0 Å². The van der Waals surface area contributed by atoms with E-state index < -0.39 is 15.1 Å². The molecule has 0 saturated heterocycles. The van der Waals surface area contributed by atoms with Gasteiger partial charge in [0.1, 0.15) is 0 Å². The highest BCUT2D eigenvalue weighted by molar-refractivity contribution is 7.92. The van der Waals surface area contributed by atoms with Gasteiger partial charge in [0.15, 0.2) is 9.84 Å². The second-order valence-electron chi connectivity index (χ2n) is 5.19. The van der Waals surface area contributed by atoms with Gasteiger partial charge in [0.2, 0.25) is 0 Å². The number of rotatable bonds is 4. The monoisotopic (exact) mass is 317 g/mol. The van der Waals surface area contributed by atoms with Gasteiger partial charge >= 0.3 is 0 Å². The maximum Gasteiger partial charge on any atom is 0.182 e. The number of sulfone groups is 1. The summed E-state index contributed by atoms with van der Waals surface area (Å²) < 4.78 is 25.6. The Morgan fingerprint density at radius 2 is 1.48 bits per heavy atom. The largest absolute Gasteiger partial charge is 0.393 e. The lowest BCUT2D eigenvalue weighted by Gasteiger charge is -2.03. The standard InChI is InChI=1S/C16H15NO2S2/c17-16(20)14-13(11-7-3-1-4-8-11)15(14)21(18,19)12-9-5-2-6-10-12/h1-10,13-15H,(H2,17,20)/t13-,14+,15-/m0/s1. The molecule has 2 aromatic carbocycles. The highest BCUT2D eigenvalue weighted by Crippen LogP contribution is 2.54. The molecule has 0 spiro atoms. The predicted molar refractivity (Wildman–Crippen MR) is 86.9 cm³/mol. The average molecular weight is 317 g/mol. The second-order valence-corrected chi connectivity index (χ2v) is 7.76. The molecule has 1 aliphatic rings. The van der Waals surface area contributed by atoms with E-state index in [0.717, 1.165) is 5.56 Å². The number of nitrogens with two attached hydrogens (primary N) is 1. The summed E-state index contributed by atoms with van der Waals surface area (Å²) in [5.41, 5.74) is 6.73. The first-order valence-electron chi connectivity index (χ1n) is 6.66. The van der Waals surface area contributed by atoms with Crippen LogP contribution >= 0.6 is 12.2 Å². The third kappa shape index (κ3) is 2.47. The first-order chi connectivity index (χ1) is 10.0. The molecule has 21 heavy (non-hydrogen) atoms. The van der Waals surface area contributed by atoms with Crippen LogP contribution in [0.3, 0.4) is 0 Å². The van der Waals surface area contributed by atoms with Gasteiger partial charge in [-0.25, -0.2) is 8.42 Å². The van der Waals surface area contributed by atoms with E-state index in [1.807, 2.05) is 30.3 Å². The smallest absolute Gasteiger partial charge is 0.182 e. The number of benzene rings is 2. The quantitative estimate of drug-likeness (QED) is 0.880. The van der Waals surface area contributed by atoms with Crippen LogP contribution in [0.5, 0.6) is 0 Å². The highest BCUT2D eigenvalue weighted by atomic mass is 32.2. The van der Waals surface area contributed by atoms with Crippen molar-refractivity contribution in [2.45, 2.75) is 16.1 Å². The molecule has 0 aliphatic heterocycles. The molecule has 2 aromatic rings. The van der Waals surface area contributed by atoms with Crippen molar-refractivity contribution in [2.75, 3.05) is 0 Å². The van der Waals surface area contributed by atoms with Gasteiger partial charge in [0, 0.05) is 11.8 Å². The third-order valence-electron chi connectivity index (χ3n) is 3.90. The molecule has 0 amide bonds. The van der Waals surface area contributed by atoms with Crippen LogP contribution < -0.4 is 5.73 Å². The van der Waals surface area contributed by atoms with Crippen LogP contribution in [-0.2, 0) is 9.84 Å². The molecule has 0 radical (unpaired) electrons. The lowest BCUT2D eigenvalue weighted by Crippen LogP contribution is -2.17. The molecule has 0 bridgehead atoms. The summed E-state index contributed by atoms with van der Waals surface area (Å²) in [6.07, 6.45) is 0. The Hall–Kier alpha value is -1.72. The maximum atomic E-state index is 12.8. The molecule has 5 heteroatoms. The molecule has 3 rings (SSSR count). The Kier molecular flexibility index (Phi) is 3.55. The van der Waals surface area contributed by atoms with E-state index in [2.05, 4.69) is 0 Å². The van der Waals surface area contributed by atoms with Gasteiger partial charge in [0.25, 0.3) is 0 Å². The molecular formula is C16H15NO2S2. The fourth-order valence-corrected chi connectivity index (χ4v) is 5.40. The zero-order chi connectivity index (χ0) is 15.0. The Balaban J connectivity index is 2.00. The van der Waals surface area contributed by atoms with Gasteiger partial charge in [-0.05, 0) is 17.7 Å². The fraction of sp³-hybridized carbons (Fsp3) is 0.188. The van der Waals surface area contributed by atoms with Crippen molar-refractivity contribution in [1.29, 1.82) is 0 Å². The van der Waals surface area contributed by atoms with Crippen molar-refractivity contribution in [3.8, 4) is 0 Å². The fourth-order valence-electron chi connectivity index (χ4n) is 2.85. The lowest BCUT2D eigenvalue weighted by molar-refractivity contribution is 0.593. The first-order valence-corrected chi connectivity index (χ1v) is 8.62. The molecule has 1 fully saturated rings. The van der Waals surface area contributed by atoms with E-state index in [1.54, 1.807) is 30.3 Å². The summed E-state index contributed by atoms with van der Waals surface area (Å²) in [6.45, 7) is 0. The molecule has 0 aromatic heterocycles. The normalized spacial score (nSPS) is 24.5. The van der Waals surface area contributed by atoms with Gasteiger partial charge in [0.05, 0.1) is 15.1 Å². The Bertz CT molecular complexity index is 757. The molecule has 3 atom stereocenters. The SMILES string of the molecule is NC(=S)[C@@H]1[C@H](c2ccccc2)[C@@H]1S(=O)(=O)c1ccccc1. The minimum atomic E-state index is -3.42. The van der Waals surface area contributed by atoms with Gasteiger partial charge in [-0.3, -0.25) is 0 Å². The highest BCUT2D eigenvalue weighted by Gasteiger charge is 2.60. The molecule has 1 saturated carbocycles. The molecule has 1 aliphatic carbocycles. The summed E-state index contributed by atoms with van der Waals surface area (Å²) in [5, 5.41) is -0.556. The summed E-state index contributed by atoms with van der Waals surface area (Å²) in [5.74, 6) is -0.429. The zero-order valence-corrected chi connectivity index (χ0v) is 12.8. The topological polar surface area (TPSA) is 60.2 Å². The minimum Gasteiger partial charge on any atom is -0.393 e. The summed E-state index contributed by atoms with van der Waals surface area (Å²) in [7, 11) is -3.42. The van der Waals surface area contributed by atoms with Crippen LogP contribution in [0.25, 0.3) is 0 Å². The van der Waals surface area contributed by atoms with Crippen LogP contribution in [0.15, 0.2) is 65.6 Å². The van der Waals surface area contributed by atoms with E-state index in [0.29, 0.717) is 4.90 Å². The Morgan fingerprint density at radius 1 is 0.952 bits per heavy atom. The lowest BCUT2D eigenvalue weighted by atomic mass is 10.1. The molecule has 3 nitrogen and oxygen atoms in total. The molecule has 0 unspecified atom stereocenters. The van der Waals surface area contributed by atoms with Gasteiger partial charge in [-0.15, -0.1) is 0 Å². The molecule has 108 valence electrons. The van der Waals surface area contributed by atoms with Crippen molar-refractivity contribution in [3.05, 3.63) is 66.2 Å².